The first-order valence-corrected chi connectivity index (χ1v) is 13.6. The van der Waals surface area contributed by atoms with Crippen molar-refractivity contribution in [3.05, 3.63) is 58.6 Å². The first-order chi connectivity index (χ1) is 16.0. The van der Waals surface area contributed by atoms with Gasteiger partial charge in [-0.15, -0.1) is 0 Å². The van der Waals surface area contributed by atoms with E-state index in [2.05, 4.69) is 21.2 Å². The van der Waals surface area contributed by atoms with Gasteiger partial charge in [0.2, 0.25) is 21.8 Å². The van der Waals surface area contributed by atoms with E-state index in [1.807, 2.05) is 38.1 Å². The molecule has 2 amide bonds. The minimum absolute atomic E-state index is 0.0566. The summed E-state index contributed by atoms with van der Waals surface area (Å²) in [7, 11) is -2.40. The number of hydrogen-bond donors (Lipinski definition) is 1. The van der Waals surface area contributed by atoms with Gasteiger partial charge in [0.1, 0.15) is 18.3 Å². The molecule has 0 aliphatic carbocycles. The van der Waals surface area contributed by atoms with Crippen LogP contribution in [0.4, 0.5) is 5.69 Å². The van der Waals surface area contributed by atoms with Gasteiger partial charge in [0.25, 0.3) is 0 Å². The summed E-state index contributed by atoms with van der Waals surface area (Å²) >= 11 is 3.43. The van der Waals surface area contributed by atoms with Crippen LogP contribution in [0.5, 0.6) is 5.75 Å². The van der Waals surface area contributed by atoms with E-state index in [9.17, 15) is 18.0 Å². The van der Waals surface area contributed by atoms with E-state index in [4.69, 9.17) is 4.74 Å². The summed E-state index contributed by atoms with van der Waals surface area (Å²) in [5.74, 6) is -0.495. The van der Waals surface area contributed by atoms with Gasteiger partial charge in [0.15, 0.2) is 0 Å². The van der Waals surface area contributed by atoms with Gasteiger partial charge in [-0.25, -0.2) is 8.42 Å². The largest absolute Gasteiger partial charge is 0.495 e. The van der Waals surface area contributed by atoms with Crippen LogP contribution in [-0.4, -0.2) is 57.1 Å². The Balaban J connectivity index is 2.42. The van der Waals surface area contributed by atoms with Crippen LogP contribution in [0.15, 0.2) is 53.0 Å². The molecule has 186 valence electrons. The van der Waals surface area contributed by atoms with Gasteiger partial charge in [-0.05, 0) is 50.1 Å². The Morgan fingerprint density at radius 1 is 1.12 bits per heavy atom. The summed E-state index contributed by atoms with van der Waals surface area (Å²) in [5.41, 5.74) is 1.05. The Morgan fingerprint density at radius 3 is 2.38 bits per heavy atom. The van der Waals surface area contributed by atoms with Crippen LogP contribution in [0, 0.1) is 0 Å². The van der Waals surface area contributed by atoms with Crippen LogP contribution in [-0.2, 0) is 26.2 Å². The molecule has 0 bridgehead atoms. The van der Waals surface area contributed by atoms with E-state index >= 15 is 0 Å². The van der Waals surface area contributed by atoms with Crippen molar-refractivity contribution in [2.24, 2.45) is 0 Å². The zero-order chi connectivity index (χ0) is 25.5. The molecule has 0 fully saturated rings. The third-order valence-corrected chi connectivity index (χ3v) is 7.06. The number of anilines is 1. The zero-order valence-corrected chi connectivity index (χ0v) is 22.5. The van der Waals surface area contributed by atoms with E-state index in [-0.39, 0.29) is 24.2 Å². The smallest absolute Gasteiger partial charge is 0.244 e. The van der Waals surface area contributed by atoms with Crippen LogP contribution < -0.4 is 14.4 Å². The molecule has 2 aromatic carbocycles. The maximum Gasteiger partial charge on any atom is 0.244 e. The molecule has 10 heteroatoms. The Kier molecular flexibility index (Phi) is 9.93. The number of nitrogens with one attached hydrogen (secondary N) is 1. The Labute approximate surface area is 210 Å². The van der Waals surface area contributed by atoms with E-state index in [1.54, 1.807) is 31.2 Å². The molecule has 0 saturated carbocycles. The maximum atomic E-state index is 13.6. The SMILES string of the molecule is CC[C@@H](C)NC(=O)[C@H](C)N(Cc1cccc(Br)c1)C(=O)CN(c1ccccc1OC)S(C)(=O)=O. The minimum atomic E-state index is -3.83. The number of para-hydroxylation sites is 2. The first kappa shape index (κ1) is 27.7. The van der Waals surface area contributed by atoms with Crippen molar-refractivity contribution in [2.45, 2.75) is 45.8 Å². The quantitative estimate of drug-likeness (QED) is 0.459. The summed E-state index contributed by atoms with van der Waals surface area (Å²) in [6.07, 6.45) is 1.78. The van der Waals surface area contributed by atoms with Crippen molar-refractivity contribution in [1.29, 1.82) is 0 Å². The summed E-state index contributed by atoms with van der Waals surface area (Å²) < 4.78 is 32.5. The Morgan fingerprint density at radius 2 is 1.79 bits per heavy atom. The second-order valence-corrected chi connectivity index (χ2v) is 10.9. The summed E-state index contributed by atoms with van der Waals surface area (Å²) in [6, 6.07) is 13.1. The summed E-state index contributed by atoms with van der Waals surface area (Å²) in [6.45, 7) is 5.14. The molecule has 34 heavy (non-hydrogen) atoms. The van der Waals surface area contributed by atoms with Crippen molar-refractivity contribution < 1.29 is 22.7 Å². The second-order valence-electron chi connectivity index (χ2n) is 8.09. The highest BCUT2D eigenvalue weighted by atomic mass is 79.9. The van der Waals surface area contributed by atoms with Gasteiger partial charge >= 0.3 is 0 Å². The number of methoxy groups -OCH3 is 1. The second kappa shape index (κ2) is 12.2. The van der Waals surface area contributed by atoms with Crippen LogP contribution >= 0.6 is 15.9 Å². The molecule has 2 rings (SSSR count). The maximum absolute atomic E-state index is 13.6. The highest BCUT2D eigenvalue weighted by molar-refractivity contribution is 9.10. The number of hydrogen-bond acceptors (Lipinski definition) is 5. The standard InChI is InChI=1S/C24H32BrN3O5S/c1-6-17(2)26-24(30)18(3)27(15-19-10-9-11-20(25)14-19)23(29)16-28(34(5,31)32)21-12-7-8-13-22(21)33-4/h7-14,17-18H,6,15-16H2,1-5H3,(H,26,30)/t17-,18+/m1/s1. The summed E-state index contributed by atoms with van der Waals surface area (Å²) in [4.78, 5) is 27.8. The number of sulfonamides is 1. The molecule has 1 N–H and O–H groups in total. The number of halogens is 1. The molecule has 0 spiro atoms. The highest BCUT2D eigenvalue weighted by Gasteiger charge is 2.31. The first-order valence-electron chi connectivity index (χ1n) is 10.9. The van der Waals surface area contributed by atoms with Crippen LogP contribution in [0.2, 0.25) is 0 Å². The molecule has 8 nitrogen and oxygen atoms in total. The van der Waals surface area contributed by atoms with E-state index < -0.39 is 28.5 Å². The number of ether oxygens (including phenoxy) is 1. The van der Waals surface area contributed by atoms with E-state index in [1.165, 1.54) is 12.0 Å². The van der Waals surface area contributed by atoms with Gasteiger partial charge in [0.05, 0.1) is 19.1 Å². The predicted molar refractivity (Wildman–Crippen MR) is 137 cm³/mol. The van der Waals surface area contributed by atoms with Gasteiger partial charge in [0, 0.05) is 17.1 Å². The number of carbonyl (C=O) groups excluding carboxylic acids is 2. The zero-order valence-electron chi connectivity index (χ0n) is 20.1. The number of carbonyl (C=O) groups is 2. The monoisotopic (exact) mass is 553 g/mol. The van der Waals surface area contributed by atoms with E-state index in [0.29, 0.717) is 5.75 Å². The molecular weight excluding hydrogens is 522 g/mol. The lowest BCUT2D eigenvalue weighted by molar-refractivity contribution is -0.139. The number of benzene rings is 2. The fourth-order valence-electron chi connectivity index (χ4n) is 3.31. The number of rotatable bonds is 11. The predicted octanol–water partition coefficient (Wildman–Crippen LogP) is 3.56. The van der Waals surface area contributed by atoms with Crippen molar-refractivity contribution >= 4 is 43.5 Å². The Hall–Kier alpha value is -2.59. The molecule has 0 saturated heterocycles. The molecule has 0 aromatic heterocycles. The average molecular weight is 555 g/mol. The van der Waals surface area contributed by atoms with Crippen molar-refractivity contribution in [2.75, 3.05) is 24.2 Å². The molecule has 0 radical (unpaired) electrons. The number of amides is 2. The number of nitrogens with zero attached hydrogens (tertiary/aromatic N) is 2. The Bertz CT molecular complexity index is 1110. The lowest BCUT2D eigenvalue weighted by atomic mass is 10.1. The molecule has 0 aliphatic heterocycles. The lowest BCUT2D eigenvalue weighted by Gasteiger charge is -2.32. The van der Waals surface area contributed by atoms with Crippen molar-refractivity contribution in [3.63, 3.8) is 0 Å². The normalized spacial score (nSPS) is 13.0. The van der Waals surface area contributed by atoms with Gasteiger partial charge in [-0.3, -0.25) is 13.9 Å². The van der Waals surface area contributed by atoms with E-state index in [0.717, 1.165) is 27.0 Å². The summed E-state index contributed by atoms with van der Waals surface area (Å²) in [5, 5.41) is 2.90. The molecular formula is C24H32BrN3O5S. The van der Waals surface area contributed by atoms with Crippen LogP contribution in [0.3, 0.4) is 0 Å². The lowest BCUT2D eigenvalue weighted by Crippen LogP contribution is -2.52. The molecule has 0 unspecified atom stereocenters. The highest BCUT2D eigenvalue weighted by Crippen LogP contribution is 2.29. The fourth-order valence-corrected chi connectivity index (χ4v) is 4.61. The molecule has 0 heterocycles. The van der Waals surface area contributed by atoms with Gasteiger partial charge in [-0.1, -0.05) is 47.1 Å². The average Bonchev–Trinajstić information content (AvgIpc) is 2.79. The van der Waals surface area contributed by atoms with Gasteiger partial charge < -0.3 is 15.0 Å². The third kappa shape index (κ3) is 7.46. The van der Waals surface area contributed by atoms with Gasteiger partial charge in [-0.2, -0.15) is 0 Å². The van der Waals surface area contributed by atoms with Crippen LogP contribution in [0.25, 0.3) is 0 Å². The topological polar surface area (TPSA) is 96.0 Å². The van der Waals surface area contributed by atoms with Crippen molar-refractivity contribution in [1.82, 2.24) is 10.2 Å². The van der Waals surface area contributed by atoms with Crippen molar-refractivity contribution in [3.8, 4) is 5.75 Å². The minimum Gasteiger partial charge on any atom is -0.495 e. The molecule has 2 atom stereocenters. The fraction of sp³-hybridized carbons (Fsp3) is 0.417. The third-order valence-electron chi connectivity index (χ3n) is 5.44. The van der Waals surface area contributed by atoms with Crippen LogP contribution in [0.1, 0.15) is 32.8 Å². The molecule has 0 aliphatic rings. The molecule has 2 aromatic rings.